The van der Waals surface area contributed by atoms with Crippen LogP contribution < -0.4 is 0 Å². The van der Waals surface area contributed by atoms with E-state index in [1.165, 1.54) is 0 Å². The van der Waals surface area contributed by atoms with E-state index in [4.69, 9.17) is 15.5 Å². The van der Waals surface area contributed by atoms with Gasteiger partial charge in [-0.25, -0.2) is 5.26 Å². The summed E-state index contributed by atoms with van der Waals surface area (Å²) in [5.41, 5.74) is 0. The molecule has 0 saturated heterocycles. The molecular weight excluding hydrogens is 124 g/mol. The van der Waals surface area contributed by atoms with Gasteiger partial charge in [0.2, 0.25) is 0 Å². The molecule has 4 heteroatoms. The first-order chi connectivity index (χ1) is 4.33. The predicted molar refractivity (Wildman–Crippen MR) is 32.7 cm³/mol. The van der Waals surface area contributed by atoms with Gasteiger partial charge < -0.3 is 15.1 Å². The summed E-state index contributed by atoms with van der Waals surface area (Å²) < 4.78 is 0. The average Bonchev–Trinajstić information content (AvgIpc) is 1.91. The Morgan fingerprint density at radius 1 is 1.33 bits per heavy atom. The summed E-state index contributed by atoms with van der Waals surface area (Å²) in [5, 5.41) is 23.1. The highest BCUT2D eigenvalue weighted by atomic mass is 17.1. The summed E-state index contributed by atoms with van der Waals surface area (Å²) in [6.07, 6.45) is 1.43. The van der Waals surface area contributed by atoms with E-state index in [1.807, 2.05) is 0 Å². The van der Waals surface area contributed by atoms with Crippen molar-refractivity contribution in [2.45, 2.75) is 6.42 Å². The van der Waals surface area contributed by atoms with Gasteiger partial charge in [0.05, 0.1) is 0 Å². The van der Waals surface area contributed by atoms with Gasteiger partial charge in [-0.05, 0) is 6.42 Å². The van der Waals surface area contributed by atoms with Crippen LogP contribution in [0.1, 0.15) is 6.42 Å². The van der Waals surface area contributed by atoms with E-state index in [9.17, 15) is 0 Å². The number of rotatable bonds is 3. The lowest BCUT2D eigenvalue weighted by Crippen LogP contribution is -1.85. The molecule has 4 nitrogen and oxygen atoms in total. The summed E-state index contributed by atoms with van der Waals surface area (Å²) in [5.74, 6) is 0. The van der Waals surface area contributed by atoms with Gasteiger partial charge in [0.1, 0.15) is 6.26 Å². The molecule has 0 aliphatic carbocycles. The molecule has 0 bridgehead atoms. The monoisotopic (exact) mass is 136 g/mol. The minimum atomic E-state index is 0.0938. The van der Waals surface area contributed by atoms with Crippen LogP contribution in [0.2, 0.25) is 0 Å². The first kappa shape index (κ1) is 11.2. The zero-order valence-corrected chi connectivity index (χ0v) is 5.16. The maximum atomic E-state index is 7.91. The Kier molecular flexibility index (Phi) is 19.6. The highest BCUT2D eigenvalue weighted by Crippen LogP contribution is 1.65. The molecule has 0 atom stereocenters. The molecule has 0 aromatic rings. The molecular formula is C5H12O4. The van der Waals surface area contributed by atoms with E-state index >= 15 is 0 Å². The Balaban J connectivity index is 0. The van der Waals surface area contributed by atoms with Gasteiger partial charge in [-0.1, -0.05) is 6.58 Å². The highest BCUT2D eigenvalue weighted by molar-refractivity contribution is 4.40. The van der Waals surface area contributed by atoms with Crippen LogP contribution in [0.25, 0.3) is 0 Å². The maximum Gasteiger partial charge on any atom is 0.122 e. The molecule has 0 aromatic carbocycles. The highest BCUT2D eigenvalue weighted by Gasteiger charge is 1.70. The largest absolute Gasteiger partial charge is 0.396 e. The molecule has 0 aliphatic rings. The van der Waals surface area contributed by atoms with Crippen molar-refractivity contribution in [3.05, 3.63) is 12.8 Å². The van der Waals surface area contributed by atoms with Crippen molar-refractivity contribution in [1.29, 1.82) is 0 Å². The van der Waals surface area contributed by atoms with Crippen molar-refractivity contribution in [1.82, 2.24) is 0 Å². The lowest BCUT2D eigenvalue weighted by molar-refractivity contribution is -0.186. The number of aliphatic hydroxyl groups is 2. The van der Waals surface area contributed by atoms with Crippen LogP contribution in [0, 0.1) is 0 Å². The van der Waals surface area contributed by atoms with Gasteiger partial charge in [-0.15, -0.1) is 0 Å². The first-order valence-corrected chi connectivity index (χ1v) is 2.46. The van der Waals surface area contributed by atoms with Crippen molar-refractivity contribution in [2.75, 3.05) is 13.2 Å². The minimum absolute atomic E-state index is 0.0938. The molecule has 0 spiro atoms. The topological polar surface area (TPSA) is 69.9 Å². The quantitative estimate of drug-likeness (QED) is 0.290. The van der Waals surface area contributed by atoms with Crippen LogP contribution in [0.4, 0.5) is 0 Å². The zero-order valence-electron chi connectivity index (χ0n) is 5.16. The van der Waals surface area contributed by atoms with Crippen LogP contribution in [-0.2, 0) is 4.89 Å². The fourth-order valence-corrected chi connectivity index (χ4v) is 0.0707. The maximum absolute atomic E-state index is 7.91. The van der Waals surface area contributed by atoms with Crippen LogP contribution in [0.3, 0.4) is 0 Å². The number of aliphatic hydroxyl groups excluding tert-OH is 2. The van der Waals surface area contributed by atoms with E-state index < -0.39 is 0 Å². The molecule has 0 radical (unpaired) electrons. The average molecular weight is 136 g/mol. The Bertz CT molecular complexity index is 44.2. The third-order valence-corrected chi connectivity index (χ3v) is 0.391. The second kappa shape index (κ2) is 15.7. The van der Waals surface area contributed by atoms with E-state index in [0.29, 0.717) is 6.42 Å². The fraction of sp³-hybridized carbons (Fsp3) is 0.600. The summed E-state index contributed by atoms with van der Waals surface area (Å²) in [6, 6.07) is 0. The molecule has 3 N–H and O–H groups in total. The number of hydrogen-bond donors (Lipinski definition) is 3. The molecule has 0 rings (SSSR count). The zero-order chi connectivity index (χ0) is 7.54. The van der Waals surface area contributed by atoms with Crippen molar-refractivity contribution in [2.24, 2.45) is 0 Å². The Labute approximate surface area is 53.9 Å². The third-order valence-electron chi connectivity index (χ3n) is 0.391. The van der Waals surface area contributed by atoms with Crippen LogP contribution in [0.15, 0.2) is 12.8 Å². The van der Waals surface area contributed by atoms with Crippen molar-refractivity contribution < 1.29 is 20.4 Å². The lowest BCUT2D eigenvalue weighted by atomic mass is 10.5. The van der Waals surface area contributed by atoms with Crippen LogP contribution >= 0.6 is 0 Å². The van der Waals surface area contributed by atoms with Gasteiger partial charge in [-0.3, -0.25) is 0 Å². The minimum Gasteiger partial charge on any atom is -0.396 e. The van der Waals surface area contributed by atoms with E-state index in [2.05, 4.69) is 11.5 Å². The van der Waals surface area contributed by atoms with Crippen molar-refractivity contribution in [3.63, 3.8) is 0 Å². The molecule has 0 heterocycles. The summed E-state index contributed by atoms with van der Waals surface area (Å²) in [4.78, 5) is 3.31. The lowest BCUT2D eigenvalue weighted by Gasteiger charge is -1.79. The van der Waals surface area contributed by atoms with Crippen molar-refractivity contribution >= 4 is 0 Å². The second-order valence-electron chi connectivity index (χ2n) is 1.07. The van der Waals surface area contributed by atoms with E-state index in [-0.39, 0.29) is 13.2 Å². The van der Waals surface area contributed by atoms with Crippen LogP contribution in [0.5, 0.6) is 0 Å². The summed E-state index contributed by atoms with van der Waals surface area (Å²) in [6.45, 7) is 3.19. The molecule has 56 valence electrons. The molecule has 0 aromatic heterocycles. The summed E-state index contributed by atoms with van der Waals surface area (Å²) in [7, 11) is 0. The van der Waals surface area contributed by atoms with Crippen LogP contribution in [-0.4, -0.2) is 28.7 Å². The normalized spacial score (nSPS) is 7.00. The standard InChI is InChI=1S/C3H8O2.C2H4O2/c4-2-1-3-5;1-2-4-3/h4-5H,1-3H2;2-3H,1H2. The van der Waals surface area contributed by atoms with Gasteiger partial charge >= 0.3 is 0 Å². The van der Waals surface area contributed by atoms with E-state index in [1.54, 1.807) is 0 Å². The second-order valence-corrected chi connectivity index (χ2v) is 1.07. The smallest absolute Gasteiger partial charge is 0.122 e. The molecule has 0 saturated carbocycles. The number of hydrogen-bond acceptors (Lipinski definition) is 4. The molecule has 0 fully saturated rings. The van der Waals surface area contributed by atoms with Gasteiger partial charge in [-0.2, -0.15) is 0 Å². The molecule has 0 unspecified atom stereocenters. The Morgan fingerprint density at radius 3 is 1.67 bits per heavy atom. The first-order valence-electron chi connectivity index (χ1n) is 2.46. The third kappa shape index (κ3) is 37.2. The van der Waals surface area contributed by atoms with Crippen molar-refractivity contribution in [3.8, 4) is 0 Å². The SMILES string of the molecule is C=COO.OCCCO. The molecule has 0 aliphatic heterocycles. The van der Waals surface area contributed by atoms with Gasteiger partial charge in [0, 0.05) is 13.2 Å². The fourth-order valence-electron chi connectivity index (χ4n) is 0.0707. The Hall–Kier alpha value is -0.580. The van der Waals surface area contributed by atoms with Gasteiger partial charge in [0.25, 0.3) is 0 Å². The molecule has 9 heavy (non-hydrogen) atoms. The van der Waals surface area contributed by atoms with E-state index in [0.717, 1.165) is 6.26 Å². The van der Waals surface area contributed by atoms with Gasteiger partial charge in [0.15, 0.2) is 0 Å². The molecule has 0 amide bonds. The summed E-state index contributed by atoms with van der Waals surface area (Å²) >= 11 is 0. The Morgan fingerprint density at radius 2 is 1.67 bits per heavy atom. The predicted octanol–water partition coefficient (Wildman–Crippen LogP) is -0.0194.